The lowest BCUT2D eigenvalue weighted by Gasteiger charge is -2.04. The molecule has 3 aromatic rings. The smallest absolute Gasteiger partial charge is 0.0925 e. The lowest BCUT2D eigenvalue weighted by Crippen LogP contribution is -2.00. The molecule has 0 N–H and O–H groups in total. The largest absolute Gasteiger partial charge is 0.272 e. The summed E-state index contributed by atoms with van der Waals surface area (Å²) in [5.41, 5.74) is 4.39. The van der Waals surface area contributed by atoms with E-state index in [1.165, 1.54) is 11.3 Å². The maximum Gasteiger partial charge on any atom is 0.0925 e. The number of benzene rings is 2. The maximum absolute atomic E-state index is 6.21. The Morgan fingerprint density at radius 3 is 2.41 bits per heavy atom. The van der Waals surface area contributed by atoms with Crippen molar-refractivity contribution in [1.29, 1.82) is 0 Å². The molecule has 1 heterocycles. The number of rotatable bonds is 4. The Kier molecular flexibility index (Phi) is 4.51. The van der Waals surface area contributed by atoms with Gasteiger partial charge in [-0.05, 0) is 42.7 Å². The van der Waals surface area contributed by atoms with Crippen molar-refractivity contribution in [2.45, 2.75) is 12.8 Å². The van der Waals surface area contributed by atoms with E-state index in [0.717, 1.165) is 34.1 Å². The van der Waals surface area contributed by atoms with Crippen molar-refractivity contribution >= 4 is 23.2 Å². The van der Waals surface area contributed by atoms with E-state index in [9.17, 15) is 0 Å². The van der Waals surface area contributed by atoms with Gasteiger partial charge in [-0.1, -0.05) is 53.5 Å². The van der Waals surface area contributed by atoms with E-state index in [1.54, 1.807) is 0 Å². The Hall–Kier alpha value is -1.77. The van der Waals surface area contributed by atoms with Crippen LogP contribution < -0.4 is 0 Å². The van der Waals surface area contributed by atoms with Crippen molar-refractivity contribution in [1.82, 2.24) is 9.78 Å². The molecule has 0 aliphatic rings. The zero-order valence-electron chi connectivity index (χ0n) is 12.3. The van der Waals surface area contributed by atoms with Gasteiger partial charge in [0.2, 0.25) is 0 Å². The van der Waals surface area contributed by atoms with Gasteiger partial charge in [-0.25, -0.2) is 0 Å². The van der Waals surface area contributed by atoms with Crippen molar-refractivity contribution in [3.63, 3.8) is 0 Å². The first kappa shape index (κ1) is 15.1. The quantitative estimate of drug-likeness (QED) is 0.644. The van der Waals surface area contributed by atoms with Crippen LogP contribution >= 0.6 is 23.2 Å². The summed E-state index contributed by atoms with van der Waals surface area (Å²) in [6.07, 6.45) is 1.81. The van der Waals surface area contributed by atoms with Crippen LogP contribution in [0.25, 0.3) is 11.3 Å². The standard InChI is InChI=1S/C18H16Cl2N2/c1-22-16(11-8-13-4-2-3-5-17(13)20)12-18(21-22)14-6-9-15(19)10-7-14/h2-7,9-10,12H,8,11H2,1H3. The van der Waals surface area contributed by atoms with E-state index in [0.29, 0.717) is 0 Å². The number of hydrogen-bond acceptors (Lipinski definition) is 1. The molecule has 0 atom stereocenters. The summed E-state index contributed by atoms with van der Waals surface area (Å²) in [6, 6.07) is 17.8. The number of hydrogen-bond donors (Lipinski definition) is 0. The molecule has 22 heavy (non-hydrogen) atoms. The highest BCUT2D eigenvalue weighted by molar-refractivity contribution is 6.31. The molecule has 2 aromatic carbocycles. The molecule has 0 radical (unpaired) electrons. The molecule has 4 heteroatoms. The lowest BCUT2D eigenvalue weighted by molar-refractivity contribution is 0.705. The second-order valence-electron chi connectivity index (χ2n) is 5.24. The summed E-state index contributed by atoms with van der Waals surface area (Å²) < 4.78 is 1.93. The minimum Gasteiger partial charge on any atom is -0.272 e. The van der Waals surface area contributed by atoms with Gasteiger partial charge in [0.15, 0.2) is 0 Å². The van der Waals surface area contributed by atoms with Crippen LogP contribution in [0.3, 0.4) is 0 Å². The van der Waals surface area contributed by atoms with Crippen LogP contribution in [0.4, 0.5) is 0 Å². The van der Waals surface area contributed by atoms with Crippen LogP contribution in [-0.2, 0) is 19.9 Å². The minimum atomic E-state index is 0.735. The Morgan fingerprint density at radius 2 is 1.68 bits per heavy atom. The number of aromatic nitrogens is 2. The van der Waals surface area contributed by atoms with E-state index in [1.807, 2.05) is 54.2 Å². The molecule has 0 saturated heterocycles. The fourth-order valence-electron chi connectivity index (χ4n) is 2.47. The van der Waals surface area contributed by atoms with Gasteiger partial charge in [-0.15, -0.1) is 0 Å². The maximum atomic E-state index is 6.21. The van der Waals surface area contributed by atoms with Crippen LogP contribution in [0.5, 0.6) is 0 Å². The van der Waals surface area contributed by atoms with E-state index in [2.05, 4.69) is 17.2 Å². The van der Waals surface area contributed by atoms with E-state index in [4.69, 9.17) is 23.2 Å². The number of nitrogens with zero attached hydrogens (tertiary/aromatic N) is 2. The third-order valence-electron chi connectivity index (χ3n) is 3.73. The monoisotopic (exact) mass is 330 g/mol. The SMILES string of the molecule is Cn1nc(-c2ccc(Cl)cc2)cc1CCc1ccccc1Cl. The fraction of sp³-hybridized carbons (Fsp3) is 0.167. The number of aryl methyl sites for hydroxylation is 3. The molecule has 0 bridgehead atoms. The highest BCUT2D eigenvalue weighted by Gasteiger charge is 2.08. The van der Waals surface area contributed by atoms with Crippen LogP contribution in [-0.4, -0.2) is 9.78 Å². The average Bonchev–Trinajstić information content (AvgIpc) is 2.88. The Morgan fingerprint density at radius 1 is 0.955 bits per heavy atom. The molecule has 0 unspecified atom stereocenters. The normalized spacial score (nSPS) is 10.9. The first-order valence-corrected chi connectivity index (χ1v) is 7.91. The molecule has 1 aromatic heterocycles. The van der Waals surface area contributed by atoms with Gasteiger partial charge < -0.3 is 0 Å². The van der Waals surface area contributed by atoms with Crippen LogP contribution in [0.15, 0.2) is 54.6 Å². The van der Waals surface area contributed by atoms with Crippen LogP contribution in [0.1, 0.15) is 11.3 Å². The molecular formula is C18H16Cl2N2. The topological polar surface area (TPSA) is 17.8 Å². The molecule has 3 rings (SSSR count). The van der Waals surface area contributed by atoms with E-state index >= 15 is 0 Å². The van der Waals surface area contributed by atoms with Crippen LogP contribution in [0, 0.1) is 0 Å². The summed E-state index contributed by atoms with van der Waals surface area (Å²) in [7, 11) is 1.97. The Bertz CT molecular complexity index is 776. The molecule has 0 saturated carbocycles. The van der Waals surface area contributed by atoms with E-state index < -0.39 is 0 Å². The zero-order valence-corrected chi connectivity index (χ0v) is 13.8. The lowest BCUT2D eigenvalue weighted by atomic mass is 10.1. The van der Waals surface area contributed by atoms with Crippen molar-refractivity contribution in [2.75, 3.05) is 0 Å². The molecule has 112 valence electrons. The molecule has 0 spiro atoms. The molecule has 2 nitrogen and oxygen atoms in total. The van der Waals surface area contributed by atoms with Crippen molar-refractivity contribution in [2.24, 2.45) is 7.05 Å². The molecule has 0 aliphatic heterocycles. The van der Waals surface area contributed by atoms with Gasteiger partial charge in [0.1, 0.15) is 0 Å². The van der Waals surface area contributed by atoms with Crippen LogP contribution in [0.2, 0.25) is 10.0 Å². The van der Waals surface area contributed by atoms with E-state index in [-0.39, 0.29) is 0 Å². The molecular weight excluding hydrogens is 315 g/mol. The van der Waals surface area contributed by atoms with Crippen molar-refractivity contribution < 1.29 is 0 Å². The Balaban J connectivity index is 1.78. The highest BCUT2D eigenvalue weighted by atomic mass is 35.5. The third-order valence-corrected chi connectivity index (χ3v) is 4.35. The summed E-state index contributed by atoms with van der Waals surface area (Å²) in [4.78, 5) is 0. The second-order valence-corrected chi connectivity index (χ2v) is 6.09. The second kappa shape index (κ2) is 6.55. The average molecular weight is 331 g/mol. The van der Waals surface area contributed by atoms with Gasteiger partial charge in [0, 0.05) is 28.4 Å². The molecule has 0 amide bonds. The number of halogens is 2. The predicted octanol–water partition coefficient (Wildman–Crippen LogP) is 5.18. The summed E-state index contributed by atoms with van der Waals surface area (Å²) in [6.45, 7) is 0. The summed E-state index contributed by atoms with van der Waals surface area (Å²) >= 11 is 12.1. The minimum absolute atomic E-state index is 0.735. The predicted molar refractivity (Wildman–Crippen MR) is 92.5 cm³/mol. The molecule has 0 fully saturated rings. The first-order chi connectivity index (χ1) is 10.6. The highest BCUT2D eigenvalue weighted by Crippen LogP contribution is 2.22. The fourth-order valence-corrected chi connectivity index (χ4v) is 2.82. The van der Waals surface area contributed by atoms with Gasteiger partial charge >= 0.3 is 0 Å². The third kappa shape index (κ3) is 3.34. The van der Waals surface area contributed by atoms with Gasteiger partial charge in [0.05, 0.1) is 5.69 Å². The zero-order chi connectivity index (χ0) is 15.5. The van der Waals surface area contributed by atoms with Crippen molar-refractivity contribution in [3.8, 4) is 11.3 Å². The first-order valence-electron chi connectivity index (χ1n) is 7.16. The van der Waals surface area contributed by atoms with Crippen molar-refractivity contribution in [3.05, 3.63) is 75.9 Å². The summed E-state index contributed by atoms with van der Waals surface area (Å²) in [5.74, 6) is 0. The molecule has 0 aliphatic carbocycles. The van der Waals surface area contributed by atoms with Gasteiger partial charge in [-0.2, -0.15) is 5.10 Å². The van der Waals surface area contributed by atoms with Gasteiger partial charge in [0.25, 0.3) is 0 Å². The summed E-state index contributed by atoms with van der Waals surface area (Å²) in [5, 5.41) is 6.14. The Labute approximate surface area is 140 Å². The van der Waals surface area contributed by atoms with Gasteiger partial charge in [-0.3, -0.25) is 4.68 Å².